The predicted octanol–water partition coefficient (Wildman–Crippen LogP) is 5.02. The molecule has 1 saturated heterocycles. The van der Waals surface area contributed by atoms with Gasteiger partial charge in [-0.3, -0.25) is 14.4 Å². The van der Waals surface area contributed by atoms with Crippen molar-refractivity contribution in [3.8, 4) is 0 Å². The molecule has 1 fully saturated rings. The van der Waals surface area contributed by atoms with Crippen LogP contribution in [0.25, 0.3) is 0 Å². The average molecular weight is 426 g/mol. The molecule has 1 heterocycles. The second-order valence-corrected chi connectivity index (χ2v) is 9.40. The van der Waals surface area contributed by atoms with E-state index in [0.717, 1.165) is 44.9 Å². The van der Waals surface area contributed by atoms with E-state index in [4.69, 9.17) is 9.94 Å². The van der Waals surface area contributed by atoms with Crippen molar-refractivity contribution in [2.75, 3.05) is 0 Å². The van der Waals surface area contributed by atoms with Crippen molar-refractivity contribution in [3.63, 3.8) is 0 Å². The van der Waals surface area contributed by atoms with Gasteiger partial charge in [-0.15, -0.1) is 5.06 Å². The second-order valence-electron chi connectivity index (χ2n) is 9.40. The number of aliphatic carboxylic acids is 1. The maximum Gasteiger partial charge on any atom is 0.333 e. The Bertz CT molecular complexity index is 581. The number of carboxylic acids is 1. The fraction of sp³-hybridized carbons (Fsp3) is 0.826. The number of amides is 2. The summed E-state index contributed by atoms with van der Waals surface area (Å²) < 4.78 is 0. The zero-order chi connectivity index (χ0) is 22.6. The summed E-state index contributed by atoms with van der Waals surface area (Å²) in [5.41, 5.74) is -0.339. The number of hydrogen-bond donors (Lipinski definition) is 1. The fourth-order valence-electron chi connectivity index (χ4n) is 3.67. The molecule has 1 aliphatic rings. The third kappa shape index (κ3) is 10.2. The molecular weight excluding hydrogens is 386 g/mol. The van der Waals surface area contributed by atoms with Crippen LogP contribution in [0.2, 0.25) is 0 Å². The van der Waals surface area contributed by atoms with Gasteiger partial charge in [0, 0.05) is 19.3 Å². The Balaban J connectivity index is 2.01. The maximum absolute atomic E-state index is 12.3. The highest BCUT2D eigenvalue weighted by Crippen LogP contribution is 2.35. The van der Waals surface area contributed by atoms with Crippen LogP contribution in [0.4, 0.5) is 0 Å². The highest BCUT2D eigenvalue weighted by atomic mass is 16.7. The molecule has 0 saturated carbocycles. The van der Waals surface area contributed by atoms with E-state index in [2.05, 4.69) is 0 Å². The number of hydrogen-bond acceptors (Lipinski definition) is 5. The summed E-state index contributed by atoms with van der Waals surface area (Å²) in [6.07, 6.45) is 12.0. The maximum atomic E-state index is 12.3. The van der Waals surface area contributed by atoms with Crippen molar-refractivity contribution in [2.45, 2.75) is 111 Å². The summed E-state index contributed by atoms with van der Waals surface area (Å²) in [5, 5.41) is 9.24. The Morgan fingerprint density at radius 1 is 0.867 bits per heavy atom. The Labute approximate surface area is 180 Å². The van der Waals surface area contributed by atoms with E-state index in [-0.39, 0.29) is 24.7 Å². The van der Waals surface area contributed by atoms with E-state index in [1.807, 2.05) is 20.8 Å². The van der Waals surface area contributed by atoms with Crippen LogP contribution in [0.15, 0.2) is 0 Å². The summed E-state index contributed by atoms with van der Waals surface area (Å²) in [7, 11) is 0. The molecule has 0 spiro atoms. The number of hydroxylamine groups is 2. The van der Waals surface area contributed by atoms with Gasteiger partial charge in [-0.1, -0.05) is 78.6 Å². The van der Waals surface area contributed by atoms with Gasteiger partial charge in [-0.25, -0.2) is 4.79 Å². The zero-order valence-corrected chi connectivity index (χ0v) is 18.9. The summed E-state index contributed by atoms with van der Waals surface area (Å²) in [4.78, 5) is 51.7. The zero-order valence-electron chi connectivity index (χ0n) is 18.9. The molecule has 0 aliphatic carbocycles. The summed E-state index contributed by atoms with van der Waals surface area (Å²) in [5.74, 6) is -2.52. The quantitative estimate of drug-likeness (QED) is 0.292. The third-order valence-corrected chi connectivity index (χ3v) is 5.61. The molecule has 0 bridgehead atoms. The Morgan fingerprint density at radius 3 is 1.70 bits per heavy atom. The van der Waals surface area contributed by atoms with E-state index < -0.39 is 29.7 Å². The van der Waals surface area contributed by atoms with E-state index >= 15 is 0 Å². The molecule has 0 radical (unpaired) electrons. The number of rotatable bonds is 15. The van der Waals surface area contributed by atoms with Gasteiger partial charge >= 0.3 is 11.9 Å². The molecule has 0 aromatic carbocycles. The molecule has 1 aliphatic heterocycles. The van der Waals surface area contributed by atoms with Gasteiger partial charge in [-0.2, -0.15) is 0 Å². The van der Waals surface area contributed by atoms with Crippen molar-refractivity contribution in [1.29, 1.82) is 0 Å². The predicted molar refractivity (Wildman–Crippen MR) is 113 cm³/mol. The highest BCUT2D eigenvalue weighted by Gasteiger charge is 2.46. The summed E-state index contributed by atoms with van der Waals surface area (Å²) in [6, 6.07) is 0. The van der Waals surface area contributed by atoms with Crippen molar-refractivity contribution >= 4 is 23.8 Å². The molecule has 30 heavy (non-hydrogen) atoms. The first-order chi connectivity index (χ1) is 14.1. The van der Waals surface area contributed by atoms with Crippen molar-refractivity contribution in [3.05, 3.63) is 0 Å². The van der Waals surface area contributed by atoms with Crippen molar-refractivity contribution in [1.82, 2.24) is 5.06 Å². The first-order valence-electron chi connectivity index (χ1n) is 11.4. The van der Waals surface area contributed by atoms with Gasteiger partial charge in [-0.05, 0) is 18.3 Å². The van der Waals surface area contributed by atoms with Crippen LogP contribution in [-0.2, 0) is 24.0 Å². The standard InChI is InChI=1S/C23H39NO6/c1-23(2,3)18-17-19(25)24(22(18)29)30-21(28)16-14-12-10-8-6-4-5-7-9-11-13-15-20(26)27/h18H,4-17H2,1-3H3,(H,26,27). The Kier molecular flexibility index (Phi) is 11.7. The lowest BCUT2D eigenvalue weighted by Crippen LogP contribution is -2.35. The minimum absolute atomic E-state index is 0.0952. The lowest BCUT2D eigenvalue weighted by Gasteiger charge is -2.24. The Morgan fingerprint density at radius 2 is 1.30 bits per heavy atom. The van der Waals surface area contributed by atoms with Crippen molar-refractivity contribution < 1.29 is 29.1 Å². The molecule has 1 atom stereocenters. The molecule has 7 nitrogen and oxygen atoms in total. The van der Waals surface area contributed by atoms with E-state index in [9.17, 15) is 19.2 Å². The van der Waals surface area contributed by atoms with Gasteiger partial charge in [0.1, 0.15) is 0 Å². The minimum Gasteiger partial charge on any atom is -0.481 e. The first kappa shape index (κ1) is 26.1. The number of carbonyl (C=O) groups excluding carboxylic acids is 3. The second kappa shape index (κ2) is 13.4. The fourth-order valence-corrected chi connectivity index (χ4v) is 3.67. The van der Waals surface area contributed by atoms with E-state index in [1.54, 1.807) is 0 Å². The normalized spacial score (nSPS) is 16.9. The number of nitrogens with zero attached hydrogens (tertiary/aromatic N) is 1. The highest BCUT2D eigenvalue weighted by molar-refractivity contribution is 6.03. The van der Waals surface area contributed by atoms with Crippen LogP contribution in [0.5, 0.6) is 0 Å². The van der Waals surface area contributed by atoms with Crippen LogP contribution >= 0.6 is 0 Å². The van der Waals surface area contributed by atoms with Crippen LogP contribution < -0.4 is 0 Å². The van der Waals surface area contributed by atoms with Gasteiger partial charge in [0.25, 0.3) is 11.8 Å². The SMILES string of the molecule is CC(C)(C)C1CC(=O)N(OC(=O)CCCCCCCCCCCCCC(=O)O)C1=O. The minimum atomic E-state index is -0.713. The van der Waals surface area contributed by atoms with Crippen molar-refractivity contribution in [2.24, 2.45) is 11.3 Å². The van der Waals surface area contributed by atoms with Gasteiger partial charge in [0.05, 0.1) is 5.92 Å². The smallest absolute Gasteiger partial charge is 0.333 e. The largest absolute Gasteiger partial charge is 0.481 e. The number of carbonyl (C=O) groups is 4. The molecule has 1 unspecified atom stereocenters. The Hall–Kier alpha value is -1.92. The molecule has 0 aromatic rings. The van der Waals surface area contributed by atoms with E-state index in [0.29, 0.717) is 11.5 Å². The molecule has 1 N–H and O–H groups in total. The topological polar surface area (TPSA) is 101 Å². The van der Waals surface area contributed by atoms with E-state index in [1.165, 1.54) is 19.3 Å². The van der Waals surface area contributed by atoms with Gasteiger partial charge in [0.2, 0.25) is 0 Å². The number of unbranched alkanes of at least 4 members (excludes halogenated alkanes) is 10. The van der Waals surface area contributed by atoms with Gasteiger partial charge < -0.3 is 9.94 Å². The average Bonchev–Trinajstić information content (AvgIpc) is 2.93. The first-order valence-corrected chi connectivity index (χ1v) is 11.4. The monoisotopic (exact) mass is 425 g/mol. The molecule has 1 rings (SSSR count). The molecule has 2 amide bonds. The lowest BCUT2D eigenvalue weighted by molar-refractivity contribution is -0.198. The van der Waals surface area contributed by atoms with Gasteiger partial charge in [0.15, 0.2) is 0 Å². The van der Waals surface area contributed by atoms with Crippen LogP contribution in [0.1, 0.15) is 111 Å². The molecule has 172 valence electrons. The number of carboxylic acid groups (broad SMARTS) is 1. The third-order valence-electron chi connectivity index (χ3n) is 5.61. The van der Waals surface area contributed by atoms with Crippen LogP contribution in [-0.4, -0.2) is 33.9 Å². The van der Waals surface area contributed by atoms with Crippen LogP contribution in [0, 0.1) is 11.3 Å². The number of imide groups is 1. The summed E-state index contributed by atoms with van der Waals surface area (Å²) >= 11 is 0. The summed E-state index contributed by atoms with van der Waals surface area (Å²) in [6.45, 7) is 5.70. The molecule has 0 aromatic heterocycles. The lowest BCUT2D eigenvalue weighted by atomic mass is 9.80. The molecular formula is C23H39NO6. The molecule has 7 heteroatoms. The van der Waals surface area contributed by atoms with Crippen LogP contribution in [0.3, 0.4) is 0 Å².